The van der Waals surface area contributed by atoms with Gasteiger partial charge in [0.2, 0.25) is 0 Å². The largest absolute Gasteiger partial charge is 0.481 e. The highest BCUT2D eigenvalue weighted by Gasteiger charge is 2.18. The Kier molecular flexibility index (Phi) is 2.12. The second-order valence-corrected chi connectivity index (χ2v) is 3.83. The molecule has 0 fully saturated rings. The minimum absolute atomic E-state index is 0.563. The molecule has 0 aliphatic carbocycles. The summed E-state index contributed by atoms with van der Waals surface area (Å²) in [6.45, 7) is 1.60. The predicted octanol–water partition coefficient (Wildman–Crippen LogP) is 1.27. The van der Waals surface area contributed by atoms with Crippen molar-refractivity contribution in [3.05, 3.63) is 17.5 Å². The van der Waals surface area contributed by atoms with Gasteiger partial charge in [0.1, 0.15) is 27.6 Å². The van der Waals surface area contributed by atoms with Gasteiger partial charge in [0.15, 0.2) is 0 Å². The summed E-state index contributed by atoms with van der Waals surface area (Å²) >= 11 is 1.29. The zero-order valence-corrected chi connectivity index (χ0v) is 8.15. The quantitative estimate of drug-likeness (QED) is 0.806. The average molecular weight is 209 g/mol. The number of fused-ring (bicyclic) bond motifs is 1. The fourth-order valence-corrected chi connectivity index (χ4v) is 1.92. The molecule has 0 amide bonds. The molecule has 0 spiro atoms. The third kappa shape index (κ3) is 1.44. The highest BCUT2D eigenvalue weighted by molar-refractivity contribution is 7.18. The molecule has 0 aromatic carbocycles. The van der Waals surface area contributed by atoms with E-state index >= 15 is 0 Å². The molecule has 0 aliphatic heterocycles. The second-order valence-electron chi connectivity index (χ2n) is 2.83. The smallest absolute Gasteiger partial charge is 0.313 e. The van der Waals surface area contributed by atoms with Crippen molar-refractivity contribution < 1.29 is 9.90 Å². The highest BCUT2D eigenvalue weighted by Crippen LogP contribution is 2.25. The molecular weight excluding hydrogens is 202 g/mol. The van der Waals surface area contributed by atoms with Crippen LogP contribution in [0.5, 0.6) is 0 Å². The van der Waals surface area contributed by atoms with Crippen LogP contribution in [0, 0.1) is 0 Å². The lowest BCUT2D eigenvalue weighted by Crippen LogP contribution is -2.06. The highest BCUT2D eigenvalue weighted by atomic mass is 32.1. The zero-order valence-electron chi connectivity index (χ0n) is 7.34. The SMILES string of the molecule is CC(C(=O)O)c1nc2cncnc2s1. The Morgan fingerprint density at radius 1 is 1.64 bits per heavy atom. The molecule has 1 atom stereocenters. The van der Waals surface area contributed by atoms with Gasteiger partial charge in [-0.25, -0.2) is 15.0 Å². The Hall–Kier alpha value is -1.56. The summed E-state index contributed by atoms with van der Waals surface area (Å²) in [7, 11) is 0. The van der Waals surface area contributed by atoms with Crippen molar-refractivity contribution in [2.24, 2.45) is 0 Å². The molecule has 2 aromatic rings. The first-order valence-corrected chi connectivity index (χ1v) is 4.79. The predicted molar refractivity (Wildman–Crippen MR) is 51.3 cm³/mol. The lowest BCUT2D eigenvalue weighted by molar-refractivity contribution is -0.138. The molecule has 72 valence electrons. The molecule has 1 N–H and O–H groups in total. The van der Waals surface area contributed by atoms with E-state index in [0.717, 1.165) is 4.83 Å². The fourth-order valence-electron chi connectivity index (χ4n) is 0.998. The number of nitrogens with zero attached hydrogens (tertiary/aromatic N) is 3. The van der Waals surface area contributed by atoms with Crippen molar-refractivity contribution >= 4 is 27.7 Å². The molecule has 1 unspecified atom stereocenters. The summed E-state index contributed by atoms with van der Waals surface area (Å²) in [4.78, 5) is 23.4. The number of thiazole rings is 1. The van der Waals surface area contributed by atoms with E-state index in [9.17, 15) is 4.79 Å². The number of rotatable bonds is 2. The Balaban J connectivity index is 2.50. The van der Waals surface area contributed by atoms with Crippen molar-refractivity contribution in [1.29, 1.82) is 0 Å². The molecule has 6 heteroatoms. The van der Waals surface area contributed by atoms with Gasteiger partial charge in [-0.2, -0.15) is 0 Å². The van der Waals surface area contributed by atoms with Crippen molar-refractivity contribution in [2.75, 3.05) is 0 Å². The van der Waals surface area contributed by atoms with Crippen LogP contribution in [0.15, 0.2) is 12.5 Å². The summed E-state index contributed by atoms with van der Waals surface area (Å²) < 4.78 is 0. The number of aliphatic carboxylic acids is 1. The number of hydrogen-bond donors (Lipinski definition) is 1. The number of aromatic nitrogens is 3. The number of carboxylic acids is 1. The lowest BCUT2D eigenvalue weighted by atomic mass is 10.2. The van der Waals surface area contributed by atoms with Crippen LogP contribution in [0.1, 0.15) is 17.8 Å². The summed E-state index contributed by atoms with van der Waals surface area (Å²) in [6.07, 6.45) is 3.01. The molecule has 14 heavy (non-hydrogen) atoms. The van der Waals surface area contributed by atoms with Crippen LogP contribution in [0.3, 0.4) is 0 Å². The second kappa shape index (κ2) is 3.30. The molecule has 0 saturated heterocycles. The number of hydrogen-bond acceptors (Lipinski definition) is 5. The third-order valence-corrected chi connectivity index (χ3v) is 2.99. The zero-order chi connectivity index (χ0) is 10.1. The molecule has 0 saturated carbocycles. The van der Waals surface area contributed by atoms with E-state index < -0.39 is 11.9 Å². The van der Waals surface area contributed by atoms with E-state index in [1.165, 1.54) is 17.7 Å². The van der Waals surface area contributed by atoms with Crippen LogP contribution in [0.2, 0.25) is 0 Å². The Bertz CT molecular complexity index is 449. The minimum atomic E-state index is -0.878. The topological polar surface area (TPSA) is 76.0 Å². The average Bonchev–Trinajstić information content (AvgIpc) is 2.59. The first kappa shape index (κ1) is 9.01. The van der Waals surface area contributed by atoms with Crippen molar-refractivity contribution in [3.63, 3.8) is 0 Å². The van der Waals surface area contributed by atoms with Crippen LogP contribution < -0.4 is 0 Å². The van der Waals surface area contributed by atoms with E-state index in [0.29, 0.717) is 10.5 Å². The van der Waals surface area contributed by atoms with Gasteiger partial charge in [0.05, 0.1) is 6.20 Å². The maximum Gasteiger partial charge on any atom is 0.313 e. The Morgan fingerprint density at radius 3 is 3.07 bits per heavy atom. The van der Waals surface area contributed by atoms with Crippen molar-refractivity contribution in [1.82, 2.24) is 15.0 Å². The molecule has 2 rings (SSSR count). The molecule has 5 nitrogen and oxygen atoms in total. The van der Waals surface area contributed by atoms with E-state index in [4.69, 9.17) is 5.11 Å². The van der Waals surface area contributed by atoms with Crippen LogP contribution in [0.25, 0.3) is 10.3 Å². The normalized spacial score (nSPS) is 12.9. The first-order chi connectivity index (χ1) is 6.68. The van der Waals surface area contributed by atoms with E-state index in [1.54, 1.807) is 13.1 Å². The van der Waals surface area contributed by atoms with Gasteiger partial charge in [-0.15, -0.1) is 0 Å². The van der Waals surface area contributed by atoms with Crippen LogP contribution in [-0.2, 0) is 4.79 Å². The van der Waals surface area contributed by atoms with E-state index in [-0.39, 0.29) is 0 Å². The summed E-state index contributed by atoms with van der Waals surface area (Å²) in [5.74, 6) is -1.47. The Labute approximate surface area is 83.5 Å². The lowest BCUT2D eigenvalue weighted by Gasteiger charge is -1.98. The van der Waals surface area contributed by atoms with Gasteiger partial charge in [-0.05, 0) is 6.92 Å². The summed E-state index contributed by atoms with van der Waals surface area (Å²) in [6, 6.07) is 0. The molecule has 0 aliphatic rings. The van der Waals surface area contributed by atoms with E-state index in [2.05, 4.69) is 15.0 Å². The maximum absolute atomic E-state index is 10.7. The van der Waals surface area contributed by atoms with Crippen LogP contribution >= 0.6 is 11.3 Å². The van der Waals surface area contributed by atoms with Gasteiger partial charge >= 0.3 is 5.97 Å². The standard InChI is InChI=1S/C8H7N3O2S/c1-4(8(12)13)6-11-5-2-9-3-10-7(5)14-6/h2-4H,1H3,(H,12,13). The Morgan fingerprint density at radius 2 is 2.43 bits per heavy atom. The number of carbonyl (C=O) groups is 1. The fraction of sp³-hybridized carbons (Fsp3) is 0.250. The van der Waals surface area contributed by atoms with Gasteiger partial charge in [-0.1, -0.05) is 11.3 Å². The third-order valence-electron chi connectivity index (χ3n) is 1.83. The molecule has 2 aromatic heterocycles. The van der Waals surface area contributed by atoms with Crippen molar-refractivity contribution in [3.8, 4) is 0 Å². The minimum Gasteiger partial charge on any atom is -0.481 e. The maximum atomic E-state index is 10.7. The summed E-state index contributed by atoms with van der Waals surface area (Å²) in [5, 5.41) is 9.35. The van der Waals surface area contributed by atoms with Crippen molar-refractivity contribution in [2.45, 2.75) is 12.8 Å². The van der Waals surface area contributed by atoms with Gasteiger partial charge in [-0.3, -0.25) is 4.79 Å². The van der Waals surface area contributed by atoms with E-state index in [1.807, 2.05) is 0 Å². The molecular formula is C8H7N3O2S. The van der Waals surface area contributed by atoms with Gasteiger partial charge in [0, 0.05) is 0 Å². The first-order valence-electron chi connectivity index (χ1n) is 3.97. The van der Waals surface area contributed by atoms with Crippen LogP contribution in [0.4, 0.5) is 0 Å². The molecule has 0 bridgehead atoms. The van der Waals surface area contributed by atoms with Gasteiger partial charge in [0.25, 0.3) is 0 Å². The monoisotopic (exact) mass is 209 g/mol. The van der Waals surface area contributed by atoms with Crippen LogP contribution in [-0.4, -0.2) is 26.0 Å². The summed E-state index contributed by atoms with van der Waals surface area (Å²) in [5.41, 5.74) is 0.653. The molecule has 2 heterocycles. The number of carboxylic acid groups (broad SMARTS) is 1. The molecule has 0 radical (unpaired) electrons. The van der Waals surface area contributed by atoms with Gasteiger partial charge < -0.3 is 5.11 Å².